The number of halogens is 1. The summed E-state index contributed by atoms with van der Waals surface area (Å²) >= 11 is 0. The van der Waals surface area contributed by atoms with Crippen LogP contribution in [0.1, 0.15) is 12.0 Å². The molecule has 1 saturated heterocycles. The molecule has 1 N–H and O–H groups in total. The first-order valence-corrected chi connectivity index (χ1v) is 7.31. The summed E-state index contributed by atoms with van der Waals surface area (Å²) in [6.45, 7) is -0.00950. The number of amides is 1. The Morgan fingerprint density at radius 2 is 2.20 bits per heavy atom. The molecule has 0 aliphatic carbocycles. The van der Waals surface area contributed by atoms with Gasteiger partial charge in [-0.1, -0.05) is 0 Å². The fourth-order valence-corrected chi connectivity index (χ4v) is 3.00. The number of aromatic hydroxyl groups is 1. The lowest BCUT2D eigenvalue weighted by Gasteiger charge is -2.18. The van der Waals surface area contributed by atoms with E-state index < -0.39 is 27.8 Å². The zero-order valence-corrected chi connectivity index (χ0v) is 11.1. The van der Waals surface area contributed by atoms with E-state index >= 15 is 0 Å². The summed E-state index contributed by atoms with van der Waals surface area (Å²) in [5.74, 6) is -2.00. The van der Waals surface area contributed by atoms with Crippen LogP contribution in [0, 0.1) is 17.2 Å². The Bertz CT molecular complexity index is 696. The van der Waals surface area contributed by atoms with Gasteiger partial charge in [-0.3, -0.25) is 4.79 Å². The van der Waals surface area contributed by atoms with Crippen LogP contribution in [-0.2, 0) is 15.0 Å². The highest BCUT2D eigenvalue weighted by Gasteiger charge is 2.34. The van der Waals surface area contributed by atoms with Crippen molar-refractivity contribution >= 4 is 21.8 Å². The molecule has 0 aromatic heterocycles. The number of nitrogens with zero attached hydrogens (tertiary/aromatic N) is 2. The highest BCUT2D eigenvalue weighted by Crippen LogP contribution is 2.33. The van der Waals surface area contributed by atoms with Crippen LogP contribution in [0.5, 0.6) is 5.75 Å². The first kappa shape index (κ1) is 14.3. The molecule has 1 aromatic rings. The van der Waals surface area contributed by atoms with Gasteiger partial charge in [0.05, 0.1) is 23.1 Å². The lowest BCUT2D eigenvalue weighted by Crippen LogP contribution is -2.25. The van der Waals surface area contributed by atoms with Crippen LogP contribution >= 0.6 is 0 Å². The van der Waals surface area contributed by atoms with E-state index in [-0.39, 0.29) is 30.0 Å². The summed E-state index contributed by atoms with van der Waals surface area (Å²) in [5.41, 5.74) is 0.389. The Hall–Kier alpha value is -2.14. The van der Waals surface area contributed by atoms with Gasteiger partial charge in [0.2, 0.25) is 5.91 Å². The van der Waals surface area contributed by atoms with E-state index in [1.807, 2.05) is 6.07 Å². The Balaban J connectivity index is 2.26. The monoisotopic (exact) mass is 298 g/mol. The van der Waals surface area contributed by atoms with Crippen molar-refractivity contribution in [3.05, 3.63) is 23.8 Å². The number of hydrogen-bond acceptors (Lipinski definition) is 5. The Morgan fingerprint density at radius 1 is 1.50 bits per heavy atom. The van der Waals surface area contributed by atoms with Gasteiger partial charge in [0.25, 0.3) is 0 Å². The summed E-state index contributed by atoms with van der Waals surface area (Å²) in [6.07, 6.45) is -0.112. The van der Waals surface area contributed by atoms with Crippen molar-refractivity contribution in [1.29, 1.82) is 5.26 Å². The zero-order valence-electron chi connectivity index (χ0n) is 10.3. The minimum Gasteiger partial charge on any atom is -0.506 e. The van der Waals surface area contributed by atoms with E-state index in [0.29, 0.717) is 0 Å². The Labute approximate surface area is 115 Å². The SMILES string of the molecule is N#Cc1ccc(O)c(N2CC(CS(=O)(=O)F)CC2=O)c1. The second-order valence-electron chi connectivity index (χ2n) is 4.60. The summed E-state index contributed by atoms with van der Waals surface area (Å²) < 4.78 is 33.9. The van der Waals surface area contributed by atoms with Gasteiger partial charge >= 0.3 is 10.2 Å². The van der Waals surface area contributed by atoms with E-state index in [9.17, 15) is 22.2 Å². The average Bonchev–Trinajstić information content (AvgIpc) is 2.68. The number of carbonyl (C=O) groups is 1. The van der Waals surface area contributed by atoms with E-state index in [0.717, 1.165) is 0 Å². The molecule has 0 bridgehead atoms. The molecule has 0 radical (unpaired) electrons. The van der Waals surface area contributed by atoms with Crippen LogP contribution < -0.4 is 4.90 Å². The molecule has 1 aliphatic rings. The molecule has 0 spiro atoms. The minimum absolute atomic E-state index is 0.00950. The molecule has 1 atom stereocenters. The molecule has 20 heavy (non-hydrogen) atoms. The third kappa shape index (κ3) is 3.05. The topological polar surface area (TPSA) is 98.5 Å². The predicted octanol–water partition coefficient (Wildman–Crippen LogP) is 0.916. The molecule has 8 heteroatoms. The summed E-state index contributed by atoms with van der Waals surface area (Å²) in [4.78, 5) is 13.0. The van der Waals surface area contributed by atoms with Crippen molar-refractivity contribution in [2.45, 2.75) is 6.42 Å². The van der Waals surface area contributed by atoms with E-state index in [2.05, 4.69) is 0 Å². The molecule has 1 unspecified atom stereocenters. The number of rotatable bonds is 3. The lowest BCUT2D eigenvalue weighted by atomic mass is 10.1. The van der Waals surface area contributed by atoms with Crippen LogP contribution in [0.15, 0.2) is 18.2 Å². The molecule has 1 amide bonds. The largest absolute Gasteiger partial charge is 0.506 e. The minimum atomic E-state index is -4.65. The quantitative estimate of drug-likeness (QED) is 0.836. The van der Waals surface area contributed by atoms with Crippen LogP contribution in [-0.4, -0.2) is 31.7 Å². The van der Waals surface area contributed by atoms with Crippen LogP contribution in [0.25, 0.3) is 0 Å². The smallest absolute Gasteiger partial charge is 0.302 e. The molecule has 1 aliphatic heterocycles. The second-order valence-corrected chi connectivity index (χ2v) is 6.01. The second kappa shape index (κ2) is 5.09. The van der Waals surface area contributed by atoms with Crippen molar-refractivity contribution < 1.29 is 22.2 Å². The first-order valence-electron chi connectivity index (χ1n) is 5.76. The standard InChI is InChI=1S/C12H11FN2O4S/c13-20(18,19)7-9-4-12(17)15(6-9)10-3-8(5-14)1-2-11(10)16/h1-3,9,16H,4,6-7H2. The molecule has 0 saturated carbocycles. The van der Waals surface area contributed by atoms with E-state index in [1.165, 1.54) is 23.1 Å². The predicted molar refractivity (Wildman–Crippen MR) is 68.2 cm³/mol. The molecular formula is C12H11FN2O4S. The third-order valence-electron chi connectivity index (χ3n) is 3.04. The fourth-order valence-electron chi connectivity index (χ4n) is 2.22. The van der Waals surface area contributed by atoms with Gasteiger partial charge in [-0.05, 0) is 18.2 Å². The summed E-state index contributed by atoms with van der Waals surface area (Å²) in [7, 11) is -4.65. The highest BCUT2D eigenvalue weighted by atomic mass is 32.3. The van der Waals surface area contributed by atoms with Gasteiger partial charge in [0.15, 0.2) is 0 Å². The maximum absolute atomic E-state index is 12.6. The molecule has 1 fully saturated rings. The number of anilines is 1. The zero-order chi connectivity index (χ0) is 14.9. The summed E-state index contributed by atoms with van der Waals surface area (Å²) in [5, 5.41) is 18.5. The van der Waals surface area contributed by atoms with Crippen LogP contribution in [0.2, 0.25) is 0 Å². The Kier molecular flexibility index (Phi) is 3.63. The van der Waals surface area contributed by atoms with Gasteiger partial charge in [-0.2, -0.15) is 13.7 Å². The van der Waals surface area contributed by atoms with Crippen molar-refractivity contribution in [1.82, 2.24) is 0 Å². The van der Waals surface area contributed by atoms with E-state index in [4.69, 9.17) is 5.26 Å². The number of phenols is 1. The highest BCUT2D eigenvalue weighted by molar-refractivity contribution is 7.86. The van der Waals surface area contributed by atoms with Crippen molar-refractivity contribution in [3.63, 3.8) is 0 Å². The maximum Gasteiger partial charge on any atom is 0.302 e. The summed E-state index contributed by atoms with van der Waals surface area (Å²) in [6, 6.07) is 5.88. The molecule has 2 rings (SSSR count). The maximum atomic E-state index is 12.6. The van der Waals surface area contributed by atoms with Gasteiger partial charge in [0, 0.05) is 18.9 Å². The average molecular weight is 298 g/mol. The molecule has 106 valence electrons. The van der Waals surface area contributed by atoms with Gasteiger partial charge in [-0.25, -0.2) is 0 Å². The number of carbonyl (C=O) groups excluding carboxylic acids is 1. The van der Waals surface area contributed by atoms with Crippen molar-refractivity contribution in [3.8, 4) is 11.8 Å². The number of phenolic OH excluding ortho intramolecular Hbond substituents is 1. The van der Waals surface area contributed by atoms with Gasteiger partial charge in [-0.15, -0.1) is 3.89 Å². The third-order valence-corrected chi connectivity index (χ3v) is 3.90. The first-order chi connectivity index (χ1) is 9.30. The fraction of sp³-hybridized carbons (Fsp3) is 0.333. The van der Waals surface area contributed by atoms with Crippen molar-refractivity contribution in [2.75, 3.05) is 17.2 Å². The van der Waals surface area contributed by atoms with Crippen molar-refractivity contribution in [2.24, 2.45) is 5.92 Å². The Morgan fingerprint density at radius 3 is 2.80 bits per heavy atom. The lowest BCUT2D eigenvalue weighted by molar-refractivity contribution is -0.117. The molecule has 1 heterocycles. The van der Waals surface area contributed by atoms with Gasteiger partial charge in [0.1, 0.15) is 5.75 Å². The number of nitriles is 1. The normalized spacial score (nSPS) is 19.1. The molecule has 6 nitrogen and oxygen atoms in total. The number of hydrogen-bond donors (Lipinski definition) is 1. The van der Waals surface area contributed by atoms with Crippen LogP contribution in [0.4, 0.5) is 9.57 Å². The molecule has 1 aromatic carbocycles. The van der Waals surface area contributed by atoms with Gasteiger partial charge < -0.3 is 10.0 Å². The number of benzene rings is 1. The van der Waals surface area contributed by atoms with Crippen LogP contribution in [0.3, 0.4) is 0 Å². The van der Waals surface area contributed by atoms with E-state index in [1.54, 1.807) is 0 Å². The molecular weight excluding hydrogens is 287 g/mol.